The number of hydrogen-bond acceptors (Lipinski definition) is 6. The molecule has 0 aliphatic rings. The van der Waals surface area contributed by atoms with E-state index in [4.69, 9.17) is 5.26 Å². The van der Waals surface area contributed by atoms with E-state index < -0.39 is 23.8 Å². The quantitative estimate of drug-likeness (QED) is 0.220. The highest BCUT2D eigenvalue weighted by Gasteiger charge is 2.18. The van der Waals surface area contributed by atoms with Crippen LogP contribution in [0.2, 0.25) is 0 Å². The van der Waals surface area contributed by atoms with Gasteiger partial charge in [0, 0.05) is 23.3 Å². The minimum Gasteiger partial charge on any atom is -0.355 e. The lowest BCUT2D eigenvalue weighted by atomic mass is 10.0. The zero-order valence-electron chi connectivity index (χ0n) is 18.6. The maximum Gasteiger partial charge on any atom is 0.255 e. The Kier molecular flexibility index (Phi) is 10.7. The van der Waals surface area contributed by atoms with Crippen molar-refractivity contribution in [2.75, 3.05) is 17.2 Å². The number of carbonyl (C=O) groups is 4. The molecule has 12 heteroatoms. The molecular formula is C22H26BrN7O4. The minimum absolute atomic E-state index is 0.162. The second kappa shape index (κ2) is 13.7. The highest BCUT2D eigenvalue weighted by molar-refractivity contribution is 9.09. The summed E-state index contributed by atoms with van der Waals surface area (Å²) in [6.07, 6.45) is 4.15. The molecule has 0 saturated heterocycles. The fraction of sp³-hybridized carbons (Fsp3) is 0.364. The first-order valence-corrected chi connectivity index (χ1v) is 11.6. The maximum absolute atomic E-state index is 12.3. The number of amides is 4. The molecule has 2 rings (SSSR count). The topological polar surface area (TPSA) is 158 Å². The van der Waals surface area contributed by atoms with Crippen LogP contribution in [-0.4, -0.2) is 57.9 Å². The van der Waals surface area contributed by atoms with Crippen molar-refractivity contribution in [1.82, 2.24) is 25.7 Å². The predicted molar refractivity (Wildman–Crippen MR) is 128 cm³/mol. The lowest BCUT2D eigenvalue weighted by Crippen LogP contribution is -2.46. The normalized spacial score (nSPS) is 12.0. The summed E-state index contributed by atoms with van der Waals surface area (Å²) in [5.41, 5.74) is 1.67. The van der Waals surface area contributed by atoms with Gasteiger partial charge >= 0.3 is 0 Å². The number of alkyl halides is 1. The van der Waals surface area contributed by atoms with Crippen LogP contribution in [0.5, 0.6) is 0 Å². The summed E-state index contributed by atoms with van der Waals surface area (Å²) in [7, 11) is 0. The van der Waals surface area contributed by atoms with Gasteiger partial charge in [-0.25, -0.2) is 0 Å². The summed E-state index contributed by atoms with van der Waals surface area (Å²) in [5, 5.41) is 23.9. The molecule has 1 aromatic heterocycles. The molecule has 0 radical (unpaired) electrons. The van der Waals surface area contributed by atoms with Gasteiger partial charge in [0.15, 0.2) is 0 Å². The van der Waals surface area contributed by atoms with E-state index in [0.29, 0.717) is 36.0 Å². The number of nitrogens with one attached hydrogen (secondary N) is 4. The molecule has 180 valence electrons. The fourth-order valence-corrected chi connectivity index (χ4v) is 3.38. The van der Waals surface area contributed by atoms with Gasteiger partial charge in [-0.3, -0.25) is 23.9 Å². The molecule has 34 heavy (non-hydrogen) atoms. The van der Waals surface area contributed by atoms with E-state index in [2.05, 4.69) is 42.3 Å². The second-order valence-electron chi connectivity index (χ2n) is 7.39. The molecule has 4 N–H and O–H groups in total. The highest BCUT2D eigenvalue weighted by Crippen LogP contribution is 2.13. The van der Waals surface area contributed by atoms with Gasteiger partial charge in [0.25, 0.3) is 5.91 Å². The number of carbonyl (C=O) groups excluding carboxylic acids is 4. The van der Waals surface area contributed by atoms with Gasteiger partial charge in [0.1, 0.15) is 6.04 Å². The van der Waals surface area contributed by atoms with E-state index in [9.17, 15) is 19.2 Å². The van der Waals surface area contributed by atoms with Crippen LogP contribution in [0.25, 0.3) is 0 Å². The zero-order valence-corrected chi connectivity index (χ0v) is 20.2. The number of hydrogen-bond donors (Lipinski definition) is 4. The van der Waals surface area contributed by atoms with Crippen molar-refractivity contribution >= 4 is 45.7 Å². The van der Waals surface area contributed by atoms with Gasteiger partial charge in [-0.15, -0.1) is 0 Å². The first-order chi connectivity index (χ1) is 16.4. The van der Waals surface area contributed by atoms with Gasteiger partial charge < -0.3 is 21.3 Å². The largest absolute Gasteiger partial charge is 0.355 e. The Hall–Kier alpha value is -3.72. The summed E-state index contributed by atoms with van der Waals surface area (Å²) in [6, 6.07) is 7.82. The Labute approximate surface area is 205 Å². The lowest BCUT2D eigenvalue weighted by molar-refractivity contribution is -0.125. The highest BCUT2D eigenvalue weighted by atomic mass is 79.9. The molecule has 2 atom stereocenters. The van der Waals surface area contributed by atoms with Crippen LogP contribution in [0.15, 0.2) is 36.7 Å². The minimum atomic E-state index is -0.856. The van der Waals surface area contributed by atoms with Gasteiger partial charge in [-0.05, 0) is 31.0 Å². The third kappa shape index (κ3) is 8.67. The first kappa shape index (κ1) is 26.5. The molecule has 1 heterocycles. The summed E-state index contributed by atoms with van der Waals surface area (Å²) >= 11 is 3.29. The van der Waals surface area contributed by atoms with Crippen LogP contribution in [0.3, 0.4) is 0 Å². The van der Waals surface area contributed by atoms with Gasteiger partial charge in [0.05, 0.1) is 37.3 Å². The molecule has 2 unspecified atom stereocenters. The van der Waals surface area contributed by atoms with E-state index in [-0.39, 0.29) is 19.0 Å². The van der Waals surface area contributed by atoms with Crippen LogP contribution in [-0.2, 0) is 27.3 Å². The van der Waals surface area contributed by atoms with Crippen molar-refractivity contribution in [1.29, 1.82) is 5.26 Å². The van der Waals surface area contributed by atoms with Crippen molar-refractivity contribution in [2.24, 2.45) is 0 Å². The second-order valence-corrected chi connectivity index (χ2v) is 8.18. The fourth-order valence-electron chi connectivity index (χ4n) is 3.02. The Morgan fingerprint density at radius 2 is 2.12 bits per heavy atom. The summed E-state index contributed by atoms with van der Waals surface area (Å²) in [4.78, 5) is 47.5. The molecule has 4 amide bonds. The van der Waals surface area contributed by atoms with E-state index in [1.165, 1.54) is 13.1 Å². The smallest absolute Gasteiger partial charge is 0.255 e. The van der Waals surface area contributed by atoms with Crippen molar-refractivity contribution < 1.29 is 19.2 Å². The van der Waals surface area contributed by atoms with Gasteiger partial charge in [-0.1, -0.05) is 28.1 Å². The van der Waals surface area contributed by atoms with E-state index in [1.54, 1.807) is 29.1 Å². The zero-order chi connectivity index (χ0) is 24.9. The molecule has 0 fully saturated rings. The Morgan fingerprint density at radius 3 is 2.82 bits per heavy atom. The van der Waals surface area contributed by atoms with Crippen LogP contribution >= 0.6 is 15.9 Å². The molecule has 0 spiro atoms. The number of nitrogens with zero attached hydrogens (tertiary/aromatic N) is 3. The SMILES string of the molecule is CC(NC(=O)c1cnn(CCBr)c1)C(=O)NCC(=O)Nc1cccc(CC(CC#N)NC=O)c1. The van der Waals surface area contributed by atoms with E-state index in [0.717, 1.165) is 5.56 Å². The van der Waals surface area contributed by atoms with Crippen molar-refractivity contribution in [2.45, 2.75) is 38.4 Å². The number of benzene rings is 1. The predicted octanol–water partition coefficient (Wildman–Crippen LogP) is 0.722. The Morgan fingerprint density at radius 1 is 1.32 bits per heavy atom. The Balaban J connectivity index is 1.82. The monoisotopic (exact) mass is 531 g/mol. The molecule has 0 saturated carbocycles. The number of aryl methyl sites for hydroxylation is 1. The number of nitriles is 1. The standard InChI is InChI=1S/C22H26BrN7O4/c1-15(28-22(34)17-11-27-30(13-17)8-6-23)21(33)25-12-20(32)29-19-4-2-3-16(10-19)9-18(5-7-24)26-14-31/h2-4,10-11,13-15,18H,5-6,8-9,12H2,1H3,(H,25,33)(H,26,31)(H,28,34)(H,29,32). The number of aromatic nitrogens is 2. The molecule has 1 aromatic carbocycles. The first-order valence-electron chi connectivity index (χ1n) is 10.5. The molecule has 2 aromatic rings. The third-order valence-corrected chi connectivity index (χ3v) is 5.06. The van der Waals surface area contributed by atoms with Crippen LogP contribution in [0, 0.1) is 11.3 Å². The van der Waals surface area contributed by atoms with Crippen LogP contribution in [0.1, 0.15) is 29.3 Å². The number of halogens is 1. The Bertz CT molecular complexity index is 1050. The molecule has 0 aliphatic heterocycles. The lowest BCUT2D eigenvalue weighted by Gasteiger charge is -2.15. The van der Waals surface area contributed by atoms with E-state index >= 15 is 0 Å². The van der Waals surface area contributed by atoms with Gasteiger partial charge in [0.2, 0.25) is 18.2 Å². The van der Waals surface area contributed by atoms with Crippen molar-refractivity contribution in [3.63, 3.8) is 0 Å². The summed E-state index contributed by atoms with van der Waals surface area (Å²) < 4.78 is 1.61. The molecule has 0 bridgehead atoms. The maximum atomic E-state index is 12.3. The molecular weight excluding hydrogens is 506 g/mol. The number of rotatable bonds is 13. The van der Waals surface area contributed by atoms with Crippen molar-refractivity contribution in [3.05, 3.63) is 47.8 Å². The van der Waals surface area contributed by atoms with Crippen LogP contribution < -0.4 is 21.3 Å². The average Bonchev–Trinajstić information content (AvgIpc) is 3.27. The molecule has 11 nitrogen and oxygen atoms in total. The third-order valence-electron chi connectivity index (χ3n) is 4.71. The summed E-state index contributed by atoms with van der Waals surface area (Å²) in [6.45, 7) is 1.84. The van der Waals surface area contributed by atoms with E-state index in [1.807, 2.05) is 12.1 Å². The average molecular weight is 532 g/mol. The van der Waals surface area contributed by atoms with Crippen molar-refractivity contribution in [3.8, 4) is 6.07 Å². The molecule has 0 aliphatic carbocycles. The van der Waals surface area contributed by atoms with Gasteiger partial charge in [-0.2, -0.15) is 10.4 Å². The van der Waals surface area contributed by atoms with Crippen LogP contribution in [0.4, 0.5) is 5.69 Å². The number of anilines is 1. The summed E-state index contributed by atoms with van der Waals surface area (Å²) in [5.74, 6) is -1.40.